The first kappa shape index (κ1) is 13.1. The van der Waals surface area contributed by atoms with Crippen molar-refractivity contribution in [2.75, 3.05) is 6.54 Å². The zero-order chi connectivity index (χ0) is 13.1. The highest BCUT2D eigenvalue weighted by Crippen LogP contribution is 2.27. The number of aryl methyl sites for hydroxylation is 1. The molecule has 96 valence electrons. The van der Waals surface area contributed by atoms with Crippen LogP contribution in [0.4, 0.5) is 0 Å². The molecule has 18 heavy (non-hydrogen) atoms. The summed E-state index contributed by atoms with van der Waals surface area (Å²) in [6.07, 6.45) is 1.76. The van der Waals surface area contributed by atoms with Gasteiger partial charge in [0.25, 0.3) is 0 Å². The van der Waals surface area contributed by atoms with Crippen molar-refractivity contribution in [2.24, 2.45) is 0 Å². The SMILES string of the molecule is CCNC(C)c1ncc(-c2ccc(Cl)cc2C)o1. The van der Waals surface area contributed by atoms with Crippen LogP contribution in [-0.2, 0) is 0 Å². The Labute approximate surface area is 112 Å². The Hall–Kier alpha value is -1.32. The quantitative estimate of drug-likeness (QED) is 0.908. The Bertz CT molecular complexity index is 536. The molecule has 0 saturated carbocycles. The molecule has 0 aliphatic carbocycles. The minimum absolute atomic E-state index is 0.122. The molecule has 0 aliphatic rings. The molecular formula is C14H17ClN2O. The monoisotopic (exact) mass is 264 g/mol. The number of rotatable bonds is 4. The van der Waals surface area contributed by atoms with Gasteiger partial charge in [-0.2, -0.15) is 0 Å². The Balaban J connectivity index is 2.29. The third-order valence-electron chi connectivity index (χ3n) is 2.86. The number of oxazole rings is 1. The van der Waals surface area contributed by atoms with Crippen LogP contribution in [0.1, 0.15) is 31.3 Å². The summed E-state index contributed by atoms with van der Waals surface area (Å²) in [6, 6.07) is 5.86. The summed E-state index contributed by atoms with van der Waals surface area (Å²) < 4.78 is 5.79. The highest BCUT2D eigenvalue weighted by molar-refractivity contribution is 6.30. The first-order valence-electron chi connectivity index (χ1n) is 6.07. The van der Waals surface area contributed by atoms with Crippen LogP contribution >= 0.6 is 11.6 Å². The van der Waals surface area contributed by atoms with Gasteiger partial charge in [0.15, 0.2) is 5.76 Å². The van der Waals surface area contributed by atoms with Gasteiger partial charge in [0.1, 0.15) is 0 Å². The lowest BCUT2D eigenvalue weighted by atomic mass is 10.1. The second-order valence-electron chi connectivity index (χ2n) is 4.30. The Morgan fingerprint density at radius 1 is 1.44 bits per heavy atom. The van der Waals surface area contributed by atoms with E-state index in [1.165, 1.54) is 0 Å². The molecule has 0 fully saturated rings. The predicted molar refractivity (Wildman–Crippen MR) is 73.8 cm³/mol. The summed E-state index contributed by atoms with van der Waals surface area (Å²) in [7, 11) is 0. The Morgan fingerprint density at radius 2 is 2.22 bits per heavy atom. The maximum absolute atomic E-state index is 5.95. The predicted octanol–water partition coefficient (Wildman–Crippen LogP) is 3.97. The average Bonchev–Trinajstić information content (AvgIpc) is 2.78. The van der Waals surface area contributed by atoms with Gasteiger partial charge in [-0.25, -0.2) is 4.98 Å². The van der Waals surface area contributed by atoms with Gasteiger partial charge in [-0.05, 0) is 44.2 Å². The van der Waals surface area contributed by atoms with Gasteiger partial charge in [0, 0.05) is 10.6 Å². The summed E-state index contributed by atoms with van der Waals surface area (Å²) in [5.74, 6) is 1.49. The summed E-state index contributed by atoms with van der Waals surface area (Å²) in [5, 5.41) is 4.01. The van der Waals surface area contributed by atoms with Crippen molar-refractivity contribution in [1.29, 1.82) is 0 Å². The molecule has 1 aromatic carbocycles. The highest BCUT2D eigenvalue weighted by atomic mass is 35.5. The van der Waals surface area contributed by atoms with E-state index in [1.54, 1.807) is 6.20 Å². The minimum atomic E-state index is 0.122. The number of halogens is 1. The molecule has 0 radical (unpaired) electrons. The van der Waals surface area contributed by atoms with Gasteiger partial charge >= 0.3 is 0 Å². The van der Waals surface area contributed by atoms with Gasteiger partial charge in [-0.3, -0.25) is 0 Å². The molecular weight excluding hydrogens is 248 g/mol. The minimum Gasteiger partial charge on any atom is -0.439 e. The molecule has 1 atom stereocenters. The van der Waals surface area contributed by atoms with Gasteiger partial charge < -0.3 is 9.73 Å². The van der Waals surface area contributed by atoms with E-state index in [0.29, 0.717) is 5.89 Å². The van der Waals surface area contributed by atoms with Crippen molar-refractivity contribution in [3.63, 3.8) is 0 Å². The molecule has 1 aromatic heterocycles. The van der Waals surface area contributed by atoms with E-state index in [9.17, 15) is 0 Å². The second-order valence-corrected chi connectivity index (χ2v) is 4.74. The second kappa shape index (κ2) is 5.55. The lowest BCUT2D eigenvalue weighted by Crippen LogP contribution is -2.17. The molecule has 0 bridgehead atoms. The highest BCUT2D eigenvalue weighted by Gasteiger charge is 2.13. The van der Waals surface area contributed by atoms with Crippen LogP contribution in [0.3, 0.4) is 0 Å². The normalized spacial score (nSPS) is 12.7. The zero-order valence-electron chi connectivity index (χ0n) is 10.8. The molecule has 2 aromatic rings. The summed E-state index contributed by atoms with van der Waals surface area (Å²) >= 11 is 5.95. The van der Waals surface area contributed by atoms with Gasteiger partial charge in [-0.1, -0.05) is 18.5 Å². The largest absolute Gasteiger partial charge is 0.439 e. The molecule has 2 rings (SSSR count). The van der Waals surface area contributed by atoms with Crippen LogP contribution < -0.4 is 5.32 Å². The van der Waals surface area contributed by atoms with Crippen molar-refractivity contribution in [3.05, 3.63) is 40.9 Å². The molecule has 3 nitrogen and oxygen atoms in total. The molecule has 0 spiro atoms. The fourth-order valence-electron chi connectivity index (χ4n) is 1.91. The summed E-state index contributed by atoms with van der Waals surface area (Å²) in [5.41, 5.74) is 2.11. The molecule has 1 unspecified atom stereocenters. The van der Waals surface area contributed by atoms with Gasteiger partial charge in [0.05, 0.1) is 12.2 Å². The van der Waals surface area contributed by atoms with Crippen LogP contribution in [0, 0.1) is 6.92 Å². The van der Waals surface area contributed by atoms with Crippen LogP contribution in [0.25, 0.3) is 11.3 Å². The molecule has 4 heteroatoms. The van der Waals surface area contributed by atoms with E-state index in [-0.39, 0.29) is 6.04 Å². The summed E-state index contributed by atoms with van der Waals surface area (Å²) in [4.78, 5) is 4.31. The third kappa shape index (κ3) is 2.74. The van der Waals surface area contributed by atoms with Crippen LogP contribution in [0.2, 0.25) is 5.02 Å². The van der Waals surface area contributed by atoms with E-state index in [4.69, 9.17) is 16.0 Å². The van der Waals surface area contributed by atoms with Crippen molar-refractivity contribution >= 4 is 11.6 Å². The molecule has 0 saturated heterocycles. The first-order chi connectivity index (χ1) is 8.61. The van der Waals surface area contributed by atoms with Crippen molar-refractivity contribution in [3.8, 4) is 11.3 Å². The number of nitrogens with zero attached hydrogens (tertiary/aromatic N) is 1. The maximum atomic E-state index is 5.95. The maximum Gasteiger partial charge on any atom is 0.211 e. The Morgan fingerprint density at radius 3 is 2.89 bits per heavy atom. The van der Waals surface area contributed by atoms with E-state index >= 15 is 0 Å². The molecule has 1 N–H and O–H groups in total. The topological polar surface area (TPSA) is 38.1 Å². The first-order valence-corrected chi connectivity index (χ1v) is 6.45. The molecule has 0 amide bonds. The van der Waals surface area contributed by atoms with Crippen LogP contribution in [0.5, 0.6) is 0 Å². The van der Waals surface area contributed by atoms with Crippen molar-refractivity contribution in [1.82, 2.24) is 10.3 Å². The van der Waals surface area contributed by atoms with Gasteiger partial charge in [-0.15, -0.1) is 0 Å². The van der Waals surface area contributed by atoms with E-state index in [2.05, 4.69) is 17.2 Å². The number of nitrogens with one attached hydrogen (secondary N) is 1. The van der Waals surface area contributed by atoms with Crippen LogP contribution in [0.15, 0.2) is 28.8 Å². The lowest BCUT2D eigenvalue weighted by molar-refractivity contribution is 0.429. The zero-order valence-corrected chi connectivity index (χ0v) is 11.6. The number of hydrogen-bond acceptors (Lipinski definition) is 3. The third-order valence-corrected chi connectivity index (χ3v) is 3.09. The fraction of sp³-hybridized carbons (Fsp3) is 0.357. The van der Waals surface area contributed by atoms with E-state index < -0.39 is 0 Å². The fourth-order valence-corrected chi connectivity index (χ4v) is 2.14. The number of hydrogen-bond donors (Lipinski definition) is 1. The number of aromatic nitrogens is 1. The standard InChI is InChI=1S/C14H17ClN2O/c1-4-16-10(3)14-17-8-13(18-14)12-6-5-11(15)7-9(12)2/h5-8,10,16H,4H2,1-3H3. The molecule has 0 aliphatic heterocycles. The Kier molecular flexibility index (Phi) is 4.04. The lowest BCUT2D eigenvalue weighted by Gasteiger charge is -2.07. The smallest absolute Gasteiger partial charge is 0.211 e. The number of benzene rings is 1. The average molecular weight is 265 g/mol. The van der Waals surface area contributed by atoms with E-state index in [1.807, 2.05) is 32.0 Å². The van der Waals surface area contributed by atoms with E-state index in [0.717, 1.165) is 28.5 Å². The molecule has 1 heterocycles. The van der Waals surface area contributed by atoms with Gasteiger partial charge in [0.2, 0.25) is 5.89 Å². The van der Waals surface area contributed by atoms with Crippen molar-refractivity contribution in [2.45, 2.75) is 26.8 Å². The van der Waals surface area contributed by atoms with Crippen LogP contribution in [-0.4, -0.2) is 11.5 Å². The summed E-state index contributed by atoms with van der Waals surface area (Å²) in [6.45, 7) is 6.99. The van der Waals surface area contributed by atoms with Crippen molar-refractivity contribution < 1.29 is 4.42 Å².